The van der Waals surface area contributed by atoms with Gasteiger partial charge in [0.2, 0.25) is 11.8 Å². The van der Waals surface area contributed by atoms with E-state index in [2.05, 4.69) is 31.3 Å². The average molecular weight is 360 g/mol. The molecular formula is C21H33N3O2. The number of likely N-dealkylation sites (tertiary alicyclic amines) is 1. The van der Waals surface area contributed by atoms with Crippen LogP contribution in [0.2, 0.25) is 0 Å². The third kappa shape index (κ3) is 5.56. The molecule has 0 spiro atoms. The maximum atomic E-state index is 12.5. The van der Waals surface area contributed by atoms with E-state index in [1.807, 2.05) is 24.0 Å². The number of benzene rings is 1. The molecule has 144 valence electrons. The first-order chi connectivity index (χ1) is 12.4. The molecule has 2 amide bonds. The molecule has 1 aliphatic heterocycles. The number of hydrogen-bond acceptors (Lipinski definition) is 3. The van der Waals surface area contributed by atoms with Gasteiger partial charge in [-0.1, -0.05) is 45.0 Å². The van der Waals surface area contributed by atoms with Crippen molar-refractivity contribution in [2.75, 3.05) is 19.6 Å². The minimum Gasteiger partial charge on any atom is -0.354 e. The van der Waals surface area contributed by atoms with Crippen LogP contribution < -0.4 is 11.1 Å². The van der Waals surface area contributed by atoms with E-state index >= 15 is 0 Å². The molecule has 0 aromatic heterocycles. The lowest BCUT2D eigenvalue weighted by atomic mass is 9.96. The molecule has 0 saturated carbocycles. The number of piperidine rings is 1. The summed E-state index contributed by atoms with van der Waals surface area (Å²) in [4.78, 5) is 26.4. The first-order valence-corrected chi connectivity index (χ1v) is 9.83. The Morgan fingerprint density at radius 3 is 2.50 bits per heavy atom. The zero-order valence-electron chi connectivity index (χ0n) is 16.3. The molecule has 1 fully saturated rings. The van der Waals surface area contributed by atoms with Gasteiger partial charge in [-0.05, 0) is 36.3 Å². The second kappa shape index (κ2) is 9.72. The van der Waals surface area contributed by atoms with Crippen LogP contribution in [0.3, 0.4) is 0 Å². The van der Waals surface area contributed by atoms with Gasteiger partial charge in [-0.15, -0.1) is 0 Å². The van der Waals surface area contributed by atoms with Gasteiger partial charge in [-0.2, -0.15) is 0 Å². The van der Waals surface area contributed by atoms with Gasteiger partial charge in [0.1, 0.15) is 0 Å². The van der Waals surface area contributed by atoms with Crippen molar-refractivity contribution >= 4 is 11.8 Å². The Morgan fingerprint density at radius 2 is 1.88 bits per heavy atom. The van der Waals surface area contributed by atoms with Gasteiger partial charge in [-0.3, -0.25) is 9.59 Å². The summed E-state index contributed by atoms with van der Waals surface area (Å²) in [6, 6.07) is 8.05. The lowest BCUT2D eigenvalue weighted by Crippen LogP contribution is -2.46. The second-order valence-electron chi connectivity index (χ2n) is 7.60. The van der Waals surface area contributed by atoms with E-state index in [4.69, 9.17) is 5.73 Å². The molecule has 2 rings (SSSR count). The fourth-order valence-electron chi connectivity index (χ4n) is 3.39. The molecule has 5 nitrogen and oxygen atoms in total. The number of nitrogens with one attached hydrogen (secondary N) is 1. The Morgan fingerprint density at radius 1 is 1.23 bits per heavy atom. The highest BCUT2D eigenvalue weighted by molar-refractivity contribution is 5.81. The third-order valence-corrected chi connectivity index (χ3v) is 5.14. The molecule has 2 unspecified atom stereocenters. The minimum atomic E-state index is -0.221. The summed E-state index contributed by atoms with van der Waals surface area (Å²) < 4.78 is 0. The fourth-order valence-corrected chi connectivity index (χ4v) is 3.39. The first-order valence-electron chi connectivity index (χ1n) is 9.83. The summed E-state index contributed by atoms with van der Waals surface area (Å²) in [7, 11) is 0. The van der Waals surface area contributed by atoms with Crippen LogP contribution in [-0.4, -0.2) is 36.3 Å². The van der Waals surface area contributed by atoms with Crippen molar-refractivity contribution in [1.82, 2.24) is 10.2 Å². The van der Waals surface area contributed by atoms with Crippen LogP contribution in [0.25, 0.3) is 0 Å². The zero-order valence-corrected chi connectivity index (χ0v) is 16.3. The largest absolute Gasteiger partial charge is 0.354 e. The van der Waals surface area contributed by atoms with E-state index in [0.717, 1.165) is 31.4 Å². The van der Waals surface area contributed by atoms with Gasteiger partial charge in [0.05, 0.1) is 5.92 Å². The average Bonchev–Trinajstić information content (AvgIpc) is 2.66. The lowest BCUT2D eigenvalue weighted by molar-refractivity contribution is -0.135. The van der Waals surface area contributed by atoms with Crippen molar-refractivity contribution in [2.45, 2.75) is 58.4 Å². The van der Waals surface area contributed by atoms with Crippen LogP contribution in [0.1, 0.15) is 69.5 Å². The highest BCUT2D eigenvalue weighted by Crippen LogP contribution is 2.19. The van der Waals surface area contributed by atoms with Crippen LogP contribution in [0.5, 0.6) is 0 Å². The summed E-state index contributed by atoms with van der Waals surface area (Å²) in [6.07, 6.45) is 3.12. The van der Waals surface area contributed by atoms with Crippen molar-refractivity contribution in [3.63, 3.8) is 0 Å². The molecule has 1 heterocycles. The molecule has 1 aliphatic rings. The third-order valence-electron chi connectivity index (χ3n) is 5.14. The zero-order chi connectivity index (χ0) is 19.1. The molecule has 0 bridgehead atoms. The fraction of sp³-hybridized carbons (Fsp3) is 0.619. The predicted octanol–water partition coefficient (Wildman–Crippen LogP) is 2.96. The standard InChI is InChI=1S/C21H33N3O2/c1-4-6-20(25)24-12-5-7-18(14-24)21(26)23-13-19(22)17-10-8-16(9-11-17)15(2)3/h8-11,15,18-19H,4-7,12-14,22H2,1-3H3,(H,23,26). The van der Waals surface area contributed by atoms with E-state index in [0.29, 0.717) is 25.4 Å². The summed E-state index contributed by atoms with van der Waals surface area (Å²) in [5, 5.41) is 2.98. The first kappa shape index (κ1) is 20.4. The number of amides is 2. The van der Waals surface area contributed by atoms with Crippen molar-refractivity contribution < 1.29 is 9.59 Å². The van der Waals surface area contributed by atoms with Crippen LogP contribution in [0.4, 0.5) is 0 Å². The summed E-state index contributed by atoms with van der Waals surface area (Å²) >= 11 is 0. The summed E-state index contributed by atoms with van der Waals surface area (Å²) in [5.41, 5.74) is 8.54. The SMILES string of the molecule is CCCC(=O)N1CCCC(C(=O)NCC(N)c2ccc(C(C)C)cc2)C1. The second-order valence-corrected chi connectivity index (χ2v) is 7.60. The van der Waals surface area contributed by atoms with E-state index in [1.54, 1.807) is 0 Å². The van der Waals surface area contributed by atoms with Crippen LogP contribution in [0.15, 0.2) is 24.3 Å². The number of carbonyl (C=O) groups is 2. The Balaban J connectivity index is 1.84. The maximum absolute atomic E-state index is 12.5. The van der Waals surface area contributed by atoms with Crippen LogP contribution in [-0.2, 0) is 9.59 Å². The van der Waals surface area contributed by atoms with Gasteiger partial charge in [0.15, 0.2) is 0 Å². The molecule has 1 aromatic carbocycles. The Bertz CT molecular complexity index is 598. The molecule has 1 aromatic rings. The van der Waals surface area contributed by atoms with Crippen molar-refractivity contribution in [2.24, 2.45) is 11.7 Å². The Hall–Kier alpha value is -1.88. The van der Waals surface area contributed by atoms with Gasteiger partial charge in [0.25, 0.3) is 0 Å². The topological polar surface area (TPSA) is 75.4 Å². The molecule has 3 N–H and O–H groups in total. The van der Waals surface area contributed by atoms with Crippen LogP contribution in [0, 0.1) is 5.92 Å². The molecule has 5 heteroatoms. The molecular weight excluding hydrogens is 326 g/mol. The quantitative estimate of drug-likeness (QED) is 0.786. The summed E-state index contributed by atoms with van der Waals surface area (Å²) in [5.74, 6) is 0.532. The van der Waals surface area contributed by atoms with E-state index < -0.39 is 0 Å². The summed E-state index contributed by atoms with van der Waals surface area (Å²) in [6.45, 7) is 8.04. The Labute approximate surface area is 157 Å². The lowest BCUT2D eigenvalue weighted by Gasteiger charge is -2.32. The molecule has 1 saturated heterocycles. The van der Waals surface area contributed by atoms with Gasteiger partial charge in [-0.25, -0.2) is 0 Å². The van der Waals surface area contributed by atoms with E-state index in [-0.39, 0.29) is 23.8 Å². The highest BCUT2D eigenvalue weighted by Gasteiger charge is 2.28. The molecule has 26 heavy (non-hydrogen) atoms. The van der Waals surface area contributed by atoms with Crippen molar-refractivity contribution in [3.05, 3.63) is 35.4 Å². The van der Waals surface area contributed by atoms with Gasteiger partial charge < -0.3 is 16.0 Å². The maximum Gasteiger partial charge on any atom is 0.224 e. The van der Waals surface area contributed by atoms with Gasteiger partial charge >= 0.3 is 0 Å². The number of nitrogens with zero attached hydrogens (tertiary/aromatic N) is 1. The van der Waals surface area contributed by atoms with E-state index in [1.165, 1.54) is 5.56 Å². The predicted molar refractivity (Wildman–Crippen MR) is 105 cm³/mol. The van der Waals surface area contributed by atoms with Crippen LogP contribution >= 0.6 is 0 Å². The van der Waals surface area contributed by atoms with Crippen molar-refractivity contribution in [1.29, 1.82) is 0 Å². The highest BCUT2D eigenvalue weighted by atomic mass is 16.2. The smallest absolute Gasteiger partial charge is 0.224 e. The Kier molecular flexibility index (Phi) is 7.64. The minimum absolute atomic E-state index is 0.00764. The monoisotopic (exact) mass is 359 g/mol. The molecule has 2 atom stereocenters. The van der Waals surface area contributed by atoms with E-state index in [9.17, 15) is 9.59 Å². The number of carbonyl (C=O) groups excluding carboxylic acids is 2. The molecule has 0 aliphatic carbocycles. The normalized spacial score (nSPS) is 18.7. The number of nitrogens with two attached hydrogens (primary N) is 1. The van der Waals surface area contributed by atoms with Gasteiger partial charge in [0, 0.05) is 32.1 Å². The van der Waals surface area contributed by atoms with Crippen molar-refractivity contribution in [3.8, 4) is 0 Å². The molecule has 0 radical (unpaired) electrons. The number of hydrogen-bond donors (Lipinski definition) is 2. The number of rotatable bonds is 7.